The van der Waals surface area contributed by atoms with Crippen molar-refractivity contribution in [3.05, 3.63) is 70.2 Å². The molecule has 1 aliphatic heterocycles. The van der Waals surface area contributed by atoms with Crippen LogP contribution in [0.2, 0.25) is 5.02 Å². The highest BCUT2D eigenvalue weighted by Crippen LogP contribution is 2.12. The van der Waals surface area contributed by atoms with Gasteiger partial charge in [-0.25, -0.2) is 8.78 Å². The van der Waals surface area contributed by atoms with Crippen molar-refractivity contribution in [3.63, 3.8) is 0 Å². The summed E-state index contributed by atoms with van der Waals surface area (Å²) in [6.45, 7) is 3.54. The van der Waals surface area contributed by atoms with Gasteiger partial charge in [0.05, 0.1) is 26.2 Å². The van der Waals surface area contributed by atoms with E-state index in [4.69, 9.17) is 11.6 Å². The zero-order chi connectivity index (χ0) is 17.1. The SMILES string of the molecule is O=C(c1cc(F)cc(F)c1)N1CC[NH+](Cc2cccc(Cl)c2)CC1. The number of hydrogen-bond acceptors (Lipinski definition) is 1. The molecular weight excluding hydrogens is 334 g/mol. The Hall–Kier alpha value is -1.98. The van der Waals surface area contributed by atoms with Crippen LogP contribution in [-0.2, 0) is 6.54 Å². The summed E-state index contributed by atoms with van der Waals surface area (Å²) in [4.78, 5) is 15.4. The number of benzene rings is 2. The van der Waals surface area contributed by atoms with Gasteiger partial charge < -0.3 is 9.80 Å². The molecule has 1 amide bonds. The average molecular weight is 352 g/mol. The van der Waals surface area contributed by atoms with Crippen molar-refractivity contribution in [1.29, 1.82) is 0 Å². The topological polar surface area (TPSA) is 24.8 Å². The zero-order valence-corrected chi connectivity index (χ0v) is 13.8. The van der Waals surface area contributed by atoms with Crippen molar-refractivity contribution in [2.24, 2.45) is 0 Å². The van der Waals surface area contributed by atoms with Crippen LogP contribution in [0.4, 0.5) is 8.78 Å². The molecule has 3 nitrogen and oxygen atoms in total. The standard InChI is InChI=1S/C18H17ClF2N2O/c19-15-3-1-2-13(8-15)12-22-4-6-23(7-5-22)18(24)14-9-16(20)11-17(21)10-14/h1-3,8-11H,4-7,12H2/p+1. The number of piperazine rings is 1. The van der Waals surface area contributed by atoms with E-state index in [2.05, 4.69) is 0 Å². The molecular formula is C18H18ClF2N2O+. The molecule has 0 aliphatic carbocycles. The summed E-state index contributed by atoms with van der Waals surface area (Å²) in [5, 5.41) is 0.717. The van der Waals surface area contributed by atoms with Gasteiger partial charge in [-0.3, -0.25) is 4.79 Å². The van der Waals surface area contributed by atoms with Gasteiger partial charge in [-0.05, 0) is 24.3 Å². The molecule has 0 radical (unpaired) electrons. The molecule has 0 bridgehead atoms. The predicted octanol–water partition coefficient (Wildman–Crippen LogP) is 2.16. The summed E-state index contributed by atoms with van der Waals surface area (Å²) in [5.41, 5.74) is 1.22. The number of carbonyl (C=O) groups excluding carboxylic acids is 1. The Bertz CT molecular complexity index is 725. The molecule has 0 saturated carbocycles. The van der Waals surface area contributed by atoms with Gasteiger partial charge in [-0.2, -0.15) is 0 Å². The molecule has 2 aromatic rings. The minimum absolute atomic E-state index is 0.0609. The molecule has 1 saturated heterocycles. The Morgan fingerprint density at radius 1 is 1.08 bits per heavy atom. The number of hydrogen-bond donors (Lipinski definition) is 1. The van der Waals surface area contributed by atoms with E-state index >= 15 is 0 Å². The minimum atomic E-state index is -0.733. The molecule has 3 rings (SSSR count). The van der Waals surface area contributed by atoms with Crippen LogP contribution >= 0.6 is 11.6 Å². The second-order valence-corrected chi connectivity index (χ2v) is 6.44. The molecule has 0 spiro atoms. The number of nitrogens with one attached hydrogen (secondary N) is 1. The molecule has 1 heterocycles. The molecule has 6 heteroatoms. The van der Waals surface area contributed by atoms with Gasteiger partial charge in [-0.1, -0.05) is 23.7 Å². The number of amides is 1. The fraction of sp³-hybridized carbons (Fsp3) is 0.278. The number of nitrogens with zero attached hydrogens (tertiary/aromatic N) is 1. The third-order valence-corrected chi connectivity index (χ3v) is 4.45. The molecule has 0 aromatic heterocycles. The first-order valence-electron chi connectivity index (χ1n) is 7.84. The maximum absolute atomic E-state index is 13.3. The summed E-state index contributed by atoms with van der Waals surface area (Å²) in [6, 6.07) is 10.7. The number of rotatable bonds is 3. The van der Waals surface area contributed by atoms with Crippen LogP contribution in [0.5, 0.6) is 0 Å². The average Bonchev–Trinajstić information content (AvgIpc) is 2.54. The second-order valence-electron chi connectivity index (χ2n) is 6.01. The van der Waals surface area contributed by atoms with Crippen molar-refractivity contribution in [3.8, 4) is 0 Å². The minimum Gasteiger partial charge on any atom is -0.328 e. The van der Waals surface area contributed by atoms with E-state index in [0.29, 0.717) is 18.1 Å². The first-order valence-corrected chi connectivity index (χ1v) is 8.22. The number of quaternary nitrogens is 1. The monoisotopic (exact) mass is 351 g/mol. The van der Waals surface area contributed by atoms with E-state index in [1.165, 1.54) is 4.90 Å². The van der Waals surface area contributed by atoms with Crippen LogP contribution in [0.1, 0.15) is 15.9 Å². The largest absolute Gasteiger partial charge is 0.328 e. The Balaban J connectivity index is 1.59. The van der Waals surface area contributed by atoms with Crippen molar-refractivity contribution in [1.82, 2.24) is 4.90 Å². The van der Waals surface area contributed by atoms with E-state index in [9.17, 15) is 13.6 Å². The Morgan fingerprint density at radius 3 is 2.38 bits per heavy atom. The summed E-state index contributed by atoms with van der Waals surface area (Å²) < 4.78 is 26.5. The molecule has 1 aliphatic rings. The Labute approximate surface area is 144 Å². The van der Waals surface area contributed by atoms with Crippen molar-refractivity contribution < 1.29 is 18.5 Å². The van der Waals surface area contributed by atoms with Crippen LogP contribution in [0.3, 0.4) is 0 Å². The third-order valence-electron chi connectivity index (χ3n) is 4.21. The predicted molar refractivity (Wildman–Crippen MR) is 88.1 cm³/mol. The quantitative estimate of drug-likeness (QED) is 0.900. The normalized spacial score (nSPS) is 15.5. The lowest BCUT2D eigenvalue weighted by molar-refractivity contribution is -0.917. The van der Waals surface area contributed by atoms with Gasteiger partial charge in [0.1, 0.15) is 18.2 Å². The van der Waals surface area contributed by atoms with Gasteiger partial charge >= 0.3 is 0 Å². The van der Waals surface area contributed by atoms with Crippen molar-refractivity contribution in [2.75, 3.05) is 26.2 Å². The van der Waals surface area contributed by atoms with Gasteiger partial charge in [0.15, 0.2) is 0 Å². The van der Waals surface area contributed by atoms with Crippen LogP contribution in [-0.4, -0.2) is 37.0 Å². The van der Waals surface area contributed by atoms with Gasteiger partial charge in [-0.15, -0.1) is 0 Å². The smallest absolute Gasteiger partial charge is 0.254 e. The molecule has 126 valence electrons. The number of carbonyl (C=O) groups is 1. The molecule has 24 heavy (non-hydrogen) atoms. The van der Waals surface area contributed by atoms with Gasteiger partial charge in [0.2, 0.25) is 0 Å². The van der Waals surface area contributed by atoms with E-state index < -0.39 is 11.6 Å². The highest BCUT2D eigenvalue weighted by atomic mass is 35.5. The molecule has 0 unspecified atom stereocenters. The highest BCUT2D eigenvalue weighted by Gasteiger charge is 2.25. The van der Waals surface area contributed by atoms with Crippen LogP contribution in [0, 0.1) is 11.6 Å². The maximum Gasteiger partial charge on any atom is 0.254 e. The summed E-state index contributed by atoms with van der Waals surface area (Å²) in [7, 11) is 0. The summed E-state index contributed by atoms with van der Waals surface area (Å²) in [5.74, 6) is -1.79. The van der Waals surface area contributed by atoms with Crippen molar-refractivity contribution in [2.45, 2.75) is 6.54 Å². The second kappa shape index (κ2) is 7.28. The maximum atomic E-state index is 13.3. The fourth-order valence-corrected chi connectivity index (χ4v) is 3.21. The van der Waals surface area contributed by atoms with Gasteiger partial charge in [0, 0.05) is 22.2 Å². The lowest BCUT2D eigenvalue weighted by atomic mass is 10.1. The van der Waals surface area contributed by atoms with Crippen LogP contribution < -0.4 is 4.90 Å². The molecule has 1 fully saturated rings. The highest BCUT2D eigenvalue weighted by molar-refractivity contribution is 6.30. The van der Waals surface area contributed by atoms with Crippen molar-refractivity contribution >= 4 is 17.5 Å². The Kier molecular flexibility index (Phi) is 5.11. The van der Waals surface area contributed by atoms with E-state index in [-0.39, 0.29) is 11.5 Å². The van der Waals surface area contributed by atoms with E-state index in [1.54, 1.807) is 4.90 Å². The first-order chi connectivity index (χ1) is 11.5. The van der Waals surface area contributed by atoms with Crippen LogP contribution in [0.25, 0.3) is 0 Å². The molecule has 0 atom stereocenters. The summed E-state index contributed by atoms with van der Waals surface area (Å²) in [6.07, 6.45) is 0. The van der Waals surface area contributed by atoms with E-state index in [0.717, 1.165) is 43.4 Å². The summed E-state index contributed by atoms with van der Waals surface area (Å²) >= 11 is 6.00. The molecule has 2 aromatic carbocycles. The first kappa shape index (κ1) is 16.9. The lowest BCUT2D eigenvalue weighted by Crippen LogP contribution is -3.13. The Morgan fingerprint density at radius 2 is 1.75 bits per heavy atom. The van der Waals surface area contributed by atoms with Crippen LogP contribution in [0.15, 0.2) is 42.5 Å². The molecule has 1 N–H and O–H groups in total. The third kappa shape index (κ3) is 4.10. The van der Waals surface area contributed by atoms with Gasteiger partial charge in [0.25, 0.3) is 5.91 Å². The fourth-order valence-electron chi connectivity index (χ4n) is 3.00. The lowest BCUT2D eigenvalue weighted by Gasteiger charge is -2.32. The zero-order valence-electron chi connectivity index (χ0n) is 13.1. The van der Waals surface area contributed by atoms with E-state index in [1.807, 2.05) is 24.3 Å². The number of halogens is 3.